The summed E-state index contributed by atoms with van der Waals surface area (Å²) in [5.74, 6) is -2.18. The van der Waals surface area contributed by atoms with Gasteiger partial charge in [0.25, 0.3) is 0 Å². The molecule has 0 aromatic carbocycles. The fourth-order valence-electron chi connectivity index (χ4n) is 1.55. The van der Waals surface area contributed by atoms with Crippen molar-refractivity contribution in [1.29, 1.82) is 0 Å². The van der Waals surface area contributed by atoms with Gasteiger partial charge < -0.3 is 10.2 Å². The average Bonchev–Trinajstić information content (AvgIpc) is 2.22. The quantitative estimate of drug-likeness (QED) is 0.481. The minimum absolute atomic E-state index is 0.381. The van der Waals surface area contributed by atoms with Crippen molar-refractivity contribution in [3.63, 3.8) is 0 Å². The molecule has 0 fully saturated rings. The number of carbonyl (C=O) groups is 2. The second-order valence-corrected chi connectivity index (χ2v) is 4.54. The predicted octanol–water partition coefficient (Wildman–Crippen LogP) is 3.08. The van der Waals surface area contributed by atoms with Crippen molar-refractivity contribution in [2.24, 2.45) is 5.41 Å². The molecular formula is C13H22O4. The van der Waals surface area contributed by atoms with E-state index in [1.807, 2.05) is 0 Å². The van der Waals surface area contributed by atoms with Crippen molar-refractivity contribution < 1.29 is 19.8 Å². The first-order valence-electron chi connectivity index (χ1n) is 6.05. The van der Waals surface area contributed by atoms with E-state index in [1.54, 1.807) is 6.08 Å². The van der Waals surface area contributed by atoms with Gasteiger partial charge in [0.1, 0.15) is 0 Å². The smallest absolute Gasteiger partial charge is 0.313 e. The molecular weight excluding hydrogens is 220 g/mol. The number of aliphatic carboxylic acids is 2. The Hall–Kier alpha value is -1.32. The van der Waals surface area contributed by atoms with E-state index in [0.717, 1.165) is 25.7 Å². The molecule has 0 amide bonds. The van der Waals surface area contributed by atoms with Crippen LogP contribution in [0.2, 0.25) is 0 Å². The third-order valence-electron chi connectivity index (χ3n) is 2.72. The monoisotopic (exact) mass is 242 g/mol. The van der Waals surface area contributed by atoms with E-state index in [2.05, 4.69) is 6.92 Å². The molecule has 4 heteroatoms. The molecule has 0 aliphatic heterocycles. The van der Waals surface area contributed by atoms with Gasteiger partial charge in [-0.15, -0.1) is 0 Å². The van der Waals surface area contributed by atoms with Crippen LogP contribution in [0.5, 0.6) is 0 Å². The summed E-state index contributed by atoms with van der Waals surface area (Å²) in [7, 11) is 0. The molecule has 0 saturated heterocycles. The Labute approximate surface area is 102 Å². The fourth-order valence-corrected chi connectivity index (χ4v) is 1.55. The van der Waals surface area contributed by atoms with Gasteiger partial charge >= 0.3 is 11.9 Å². The third-order valence-corrected chi connectivity index (χ3v) is 2.72. The Morgan fingerprint density at radius 2 is 1.82 bits per heavy atom. The highest BCUT2D eigenvalue weighted by molar-refractivity contribution is 5.82. The van der Waals surface area contributed by atoms with Crippen molar-refractivity contribution in [2.75, 3.05) is 0 Å². The van der Waals surface area contributed by atoms with E-state index in [9.17, 15) is 9.59 Å². The second kappa shape index (κ2) is 7.87. The number of carboxylic acids is 2. The van der Waals surface area contributed by atoms with Crippen LogP contribution in [-0.2, 0) is 9.59 Å². The maximum atomic E-state index is 11.0. The highest BCUT2D eigenvalue weighted by atomic mass is 16.4. The number of hydrogen-bond acceptors (Lipinski definition) is 2. The van der Waals surface area contributed by atoms with E-state index in [4.69, 9.17) is 10.2 Å². The number of rotatable bonds is 9. The molecule has 98 valence electrons. The molecule has 0 aromatic rings. The molecule has 0 aliphatic rings. The maximum Gasteiger partial charge on any atom is 0.313 e. The first kappa shape index (κ1) is 15.7. The van der Waals surface area contributed by atoms with Crippen LogP contribution in [0, 0.1) is 5.41 Å². The van der Waals surface area contributed by atoms with Gasteiger partial charge in [0.15, 0.2) is 0 Å². The first-order chi connectivity index (χ1) is 7.92. The molecule has 0 rings (SSSR count). The average molecular weight is 242 g/mol. The lowest BCUT2D eigenvalue weighted by Crippen LogP contribution is -2.28. The summed E-state index contributed by atoms with van der Waals surface area (Å²) in [6, 6.07) is 0. The summed E-state index contributed by atoms with van der Waals surface area (Å²) in [6.07, 6.45) is 8.21. The van der Waals surface area contributed by atoms with Crippen LogP contribution in [0.4, 0.5) is 0 Å². The molecule has 1 atom stereocenters. The number of unbranched alkanes of at least 4 members (excludes halogenated alkanes) is 4. The van der Waals surface area contributed by atoms with Gasteiger partial charge in [-0.3, -0.25) is 9.59 Å². The Kier molecular flexibility index (Phi) is 7.26. The summed E-state index contributed by atoms with van der Waals surface area (Å²) >= 11 is 0. The largest absolute Gasteiger partial charge is 0.481 e. The van der Waals surface area contributed by atoms with Gasteiger partial charge in [0.05, 0.1) is 11.8 Å². The topological polar surface area (TPSA) is 74.6 Å². The zero-order chi connectivity index (χ0) is 13.3. The molecule has 0 saturated carbocycles. The Bertz CT molecular complexity index is 283. The lowest BCUT2D eigenvalue weighted by atomic mass is 9.86. The van der Waals surface area contributed by atoms with E-state index < -0.39 is 17.4 Å². The molecule has 4 nitrogen and oxygen atoms in total. The molecule has 0 aliphatic carbocycles. The van der Waals surface area contributed by atoms with Gasteiger partial charge in [-0.05, 0) is 19.8 Å². The van der Waals surface area contributed by atoms with E-state index in [0.29, 0.717) is 0 Å². The Morgan fingerprint density at radius 3 is 2.29 bits per heavy atom. The molecule has 0 spiro atoms. The van der Waals surface area contributed by atoms with E-state index in [-0.39, 0.29) is 6.42 Å². The van der Waals surface area contributed by atoms with Crippen molar-refractivity contribution in [2.45, 2.75) is 52.4 Å². The molecule has 17 heavy (non-hydrogen) atoms. The summed E-state index contributed by atoms with van der Waals surface area (Å²) in [4.78, 5) is 21.6. The third kappa shape index (κ3) is 6.76. The van der Waals surface area contributed by atoms with Gasteiger partial charge in [-0.25, -0.2) is 0 Å². The Balaban J connectivity index is 4.20. The van der Waals surface area contributed by atoms with Crippen LogP contribution in [0.25, 0.3) is 0 Å². The highest BCUT2D eigenvalue weighted by Gasteiger charge is 2.32. The van der Waals surface area contributed by atoms with Gasteiger partial charge in [-0.1, -0.05) is 38.3 Å². The highest BCUT2D eigenvalue weighted by Crippen LogP contribution is 2.24. The fraction of sp³-hybridized carbons (Fsp3) is 0.692. The maximum absolute atomic E-state index is 11.0. The molecule has 2 N–H and O–H groups in total. The summed E-state index contributed by atoms with van der Waals surface area (Å²) in [6.45, 7) is 3.57. The van der Waals surface area contributed by atoms with Crippen LogP contribution < -0.4 is 0 Å². The molecule has 1 unspecified atom stereocenters. The second-order valence-electron chi connectivity index (χ2n) is 4.54. The lowest BCUT2D eigenvalue weighted by molar-refractivity contribution is -0.151. The standard InChI is InChI=1S/C13H22O4/c1-3-4-5-6-7-8-9-13(2,12(16)17)10-11(14)15/h8-9H,3-7,10H2,1-2H3,(H,14,15)(H,16,17). The van der Waals surface area contributed by atoms with Gasteiger partial charge in [-0.2, -0.15) is 0 Å². The summed E-state index contributed by atoms with van der Waals surface area (Å²) in [5, 5.41) is 17.7. The molecule has 0 heterocycles. The predicted molar refractivity (Wildman–Crippen MR) is 65.9 cm³/mol. The zero-order valence-corrected chi connectivity index (χ0v) is 10.6. The van der Waals surface area contributed by atoms with Crippen molar-refractivity contribution >= 4 is 11.9 Å². The number of carboxylic acid groups (broad SMARTS) is 2. The minimum Gasteiger partial charge on any atom is -0.481 e. The molecule has 0 bridgehead atoms. The molecule has 0 aromatic heterocycles. The van der Waals surface area contributed by atoms with Crippen LogP contribution >= 0.6 is 0 Å². The number of allylic oxidation sites excluding steroid dienone is 1. The summed E-state index contributed by atoms with van der Waals surface area (Å²) < 4.78 is 0. The van der Waals surface area contributed by atoms with Crippen molar-refractivity contribution in [3.8, 4) is 0 Å². The van der Waals surface area contributed by atoms with Crippen LogP contribution in [0.3, 0.4) is 0 Å². The molecule has 0 radical (unpaired) electrons. The van der Waals surface area contributed by atoms with Crippen molar-refractivity contribution in [1.82, 2.24) is 0 Å². The Morgan fingerprint density at radius 1 is 1.18 bits per heavy atom. The zero-order valence-electron chi connectivity index (χ0n) is 10.6. The van der Waals surface area contributed by atoms with Crippen LogP contribution in [0.15, 0.2) is 12.2 Å². The summed E-state index contributed by atoms with van der Waals surface area (Å²) in [5.41, 5.74) is -1.30. The van der Waals surface area contributed by atoms with Gasteiger partial charge in [0, 0.05) is 0 Å². The lowest BCUT2D eigenvalue weighted by Gasteiger charge is -2.17. The normalized spacial score (nSPS) is 14.7. The van der Waals surface area contributed by atoms with Gasteiger partial charge in [0.2, 0.25) is 0 Å². The van der Waals surface area contributed by atoms with E-state index >= 15 is 0 Å². The SMILES string of the molecule is CCCCCCC=CC(C)(CC(=O)O)C(=O)O. The van der Waals surface area contributed by atoms with Crippen LogP contribution in [0.1, 0.15) is 52.4 Å². The minimum atomic E-state index is -1.30. The van der Waals surface area contributed by atoms with Crippen LogP contribution in [-0.4, -0.2) is 22.2 Å². The van der Waals surface area contributed by atoms with E-state index in [1.165, 1.54) is 19.4 Å². The number of hydrogen-bond donors (Lipinski definition) is 2. The first-order valence-corrected chi connectivity index (χ1v) is 6.05. The van der Waals surface area contributed by atoms with Crippen molar-refractivity contribution in [3.05, 3.63) is 12.2 Å².